The summed E-state index contributed by atoms with van der Waals surface area (Å²) in [5, 5.41) is 13.5. The van der Waals surface area contributed by atoms with Gasteiger partial charge < -0.3 is 9.64 Å². The number of rotatable bonds is 4. The Labute approximate surface area is 153 Å². The molecule has 0 N–H and O–H groups in total. The van der Waals surface area contributed by atoms with E-state index in [4.69, 9.17) is 10.00 Å². The lowest BCUT2D eigenvalue weighted by Gasteiger charge is -2.35. The van der Waals surface area contributed by atoms with E-state index >= 15 is 0 Å². The molecular weight excluding hydrogens is 328 g/mol. The van der Waals surface area contributed by atoms with E-state index in [0.717, 1.165) is 35.2 Å². The number of nitriles is 1. The van der Waals surface area contributed by atoms with Crippen LogP contribution in [-0.2, 0) is 11.2 Å². The van der Waals surface area contributed by atoms with Crippen molar-refractivity contribution in [2.24, 2.45) is 0 Å². The Morgan fingerprint density at radius 1 is 1.38 bits per heavy atom. The van der Waals surface area contributed by atoms with Crippen molar-refractivity contribution in [3.05, 3.63) is 30.1 Å². The van der Waals surface area contributed by atoms with Crippen molar-refractivity contribution in [3.8, 4) is 22.9 Å². The smallest absolute Gasteiger partial charge is 0.224 e. The Morgan fingerprint density at radius 2 is 2.19 bits per heavy atom. The molecule has 0 spiro atoms. The second kappa shape index (κ2) is 6.49. The molecule has 1 aliphatic carbocycles. The van der Waals surface area contributed by atoms with Crippen LogP contribution in [-0.4, -0.2) is 28.3 Å². The van der Waals surface area contributed by atoms with Crippen LogP contribution in [0.5, 0.6) is 5.75 Å². The minimum absolute atomic E-state index is 0.0180. The first-order chi connectivity index (χ1) is 12.6. The molecule has 0 radical (unpaired) electrons. The standard InChI is InChI=1S/C20H22N4O2/c1-13-3-6-18-19(24(13)14(2)25)8-7-17(20(18)26-10-9-21)15-11-22-23(12-15)16-4-5-16/h7-8,11-13,16H,3-6,10H2,1-2H3/t13-/m0/s1. The molecule has 0 saturated heterocycles. The summed E-state index contributed by atoms with van der Waals surface area (Å²) in [6.45, 7) is 3.64. The Hall–Kier alpha value is -2.81. The maximum atomic E-state index is 12.2. The lowest BCUT2D eigenvalue weighted by Crippen LogP contribution is -2.40. The van der Waals surface area contributed by atoms with Gasteiger partial charge in [0.2, 0.25) is 5.91 Å². The predicted molar refractivity (Wildman–Crippen MR) is 98.0 cm³/mol. The number of benzene rings is 1. The molecule has 1 atom stereocenters. The SMILES string of the molecule is CC(=O)N1c2ccc(-c3cnn(C4CC4)c3)c(OCC#N)c2CC[C@@H]1C. The van der Waals surface area contributed by atoms with E-state index in [2.05, 4.69) is 18.1 Å². The van der Waals surface area contributed by atoms with Crippen molar-refractivity contribution in [2.45, 2.75) is 51.6 Å². The highest BCUT2D eigenvalue weighted by molar-refractivity contribution is 5.95. The van der Waals surface area contributed by atoms with Crippen LogP contribution < -0.4 is 9.64 Å². The highest BCUT2D eigenvalue weighted by Gasteiger charge is 2.30. The molecule has 1 aromatic heterocycles. The molecule has 6 heteroatoms. The van der Waals surface area contributed by atoms with Crippen LogP contribution in [0.2, 0.25) is 0 Å². The van der Waals surface area contributed by atoms with Gasteiger partial charge >= 0.3 is 0 Å². The fraction of sp³-hybridized carbons (Fsp3) is 0.450. The van der Waals surface area contributed by atoms with Crippen LogP contribution in [0.25, 0.3) is 11.1 Å². The number of anilines is 1. The molecule has 2 heterocycles. The second-order valence-corrected chi connectivity index (χ2v) is 7.10. The number of carbonyl (C=O) groups excluding carboxylic acids is 1. The molecule has 1 aromatic carbocycles. The van der Waals surface area contributed by atoms with Gasteiger partial charge in [0.1, 0.15) is 11.8 Å². The molecule has 6 nitrogen and oxygen atoms in total. The Kier molecular flexibility index (Phi) is 4.15. The van der Waals surface area contributed by atoms with Crippen molar-refractivity contribution in [2.75, 3.05) is 11.5 Å². The molecule has 0 unspecified atom stereocenters. The number of hydrogen-bond donors (Lipinski definition) is 0. The van der Waals surface area contributed by atoms with Crippen LogP contribution in [0.3, 0.4) is 0 Å². The first kappa shape index (κ1) is 16.6. The van der Waals surface area contributed by atoms with Gasteiger partial charge in [-0.05, 0) is 44.7 Å². The van der Waals surface area contributed by atoms with Crippen molar-refractivity contribution in [3.63, 3.8) is 0 Å². The van der Waals surface area contributed by atoms with E-state index < -0.39 is 0 Å². The summed E-state index contributed by atoms with van der Waals surface area (Å²) in [6, 6.07) is 6.70. The largest absolute Gasteiger partial charge is 0.478 e. The zero-order valence-corrected chi connectivity index (χ0v) is 15.1. The summed E-state index contributed by atoms with van der Waals surface area (Å²) in [7, 11) is 0. The highest BCUT2D eigenvalue weighted by Crippen LogP contribution is 2.43. The molecule has 1 amide bonds. The van der Waals surface area contributed by atoms with Gasteiger partial charge in [-0.2, -0.15) is 10.4 Å². The fourth-order valence-corrected chi connectivity index (χ4v) is 3.80. The van der Waals surface area contributed by atoms with Gasteiger partial charge in [-0.25, -0.2) is 0 Å². The number of hydrogen-bond acceptors (Lipinski definition) is 4. The average molecular weight is 350 g/mol. The summed E-state index contributed by atoms with van der Waals surface area (Å²) >= 11 is 0. The van der Waals surface area contributed by atoms with E-state index in [1.54, 1.807) is 6.92 Å². The maximum absolute atomic E-state index is 12.2. The first-order valence-corrected chi connectivity index (χ1v) is 9.10. The third kappa shape index (κ3) is 2.84. The molecule has 1 fully saturated rings. The summed E-state index contributed by atoms with van der Waals surface area (Å²) in [4.78, 5) is 14.0. The summed E-state index contributed by atoms with van der Waals surface area (Å²) < 4.78 is 7.86. The third-order valence-corrected chi connectivity index (χ3v) is 5.20. The number of carbonyl (C=O) groups is 1. The van der Waals surface area contributed by atoms with Gasteiger partial charge in [-0.1, -0.05) is 0 Å². The molecular formula is C20H22N4O2. The second-order valence-electron chi connectivity index (χ2n) is 7.10. The van der Waals surface area contributed by atoms with Crippen molar-refractivity contribution >= 4 is 11.6 Å². The van der Waals surface area contributed by atoms with Crippen LogP contribution in [0.15, 0.2) is 24.5 Å². The van der Waals surface area contributed by atoms with E-state index in [1.165, 1.54) is 12.8 Å². The van der Waals surface area contributed by atoms with Crippen LogP contribution >= 0.6 is 0 Å². The molecule has 134 valence electrons. The minimum atomic E-state index is -0.0180. The Balaban J connectivity index is 1.81. The molecule has 4 rings (SSSR count). The fourth-order valence-electron chi connectivity index (χ4n) is 3.80. The van der Waals surface area contributed by atoms with Crippen LogP contribution in [0.4, 0.5) is 5.69 Å². The van der Waals surface area contributed by atoms with E-state index in [-0.39, 0.29) is 18.6 Å². The molecule has 26 heavy (non-hydrogen) atoms. The Morgan fingerprint density at radius 3 is 2.88 bits per heavy atom. The summed E-state index contributed by atoms with van der Waals surface area (Å²) in [5.41, 5.74) is 3.82. The number of fused-ring (bicyclic) bond motifs is 1. The quantitative estimate of drug-likeness (QED) is 0.846. The molecule has 2 aromatic rings. The lowest BCUT2D eigenvalue weighted by atomic mass is 9.92. The third-order valence-electron chi connectivity index (χ3n) is 5.20. The maximum Gasteiger partial charge on any atom is 0.224 e. The monoisotopic (exact) mass is 350 g/mol. The van der Waals surface area contributed by atoms with Crippen molar-refractivity contribution in [1.82, 2.24) is 9.78 Å². The van der Waals surface area contributed by atoms with E-state index in [9.17, 15) is 4.79 Å². The van der Waals surface area contributed by atoms with Gasteiger partial charge in [0.15, 0.2) is 6.61 Å². The molecule has 0 bridgehead atoms. The molecule has 2 aliphatic rings. The Bertz CT molecular complexity index is 892. The zero-order valence-electron chi connectivity index (χ0n) is 15.1. The van der Waals surface area contributed by atoms with Crippen molar-refractivity contribution < 1.29 is 9.53 Å². The molecule has 1 aliphatic heterocycles. The average Bonchev–Trinajstić information content (AvgIpc) is 3.36. The van der Waals surface area contributed by atoms with Crippen molar-refractivity contribution in [1.29, 1.82) is 5.26 Å². The normalized spacial score (nSPS) is 19.0. The number of amides is 1. The topological polar surface area (TPSA) is 71.2 Å². The first-order valence-electron chi connectivity index (χ1n) is 9.10. The van der Waals surface area contributed by atoms with Crippen LogP contribution in [0, 0.1) is 11.3 Å². The van der Waals surface area contributed by atoms with Gasteiger partial charge in [0.25, 0.3) is 0 Å². The number of nitrogens with zero attached hydrogens (tertiary/aromatic N) is 4. The zero-order chi connectivity index (χ0) is 18.3. The predicted octanol–water partition coefficient (Wildman–Crippen LogP) is 3.47. The van der Waals surface area contributed by atoms with Gasteiger partial charge in [-0.15, -0.1) is 0 Å². The van der Waals surface area contributed by atoms with Crippen LogP contribution in [0.1, 0.15) is 44.7 Å². The number of aromatic nitrogens is 2. The lowest BCUT2D eigenvalue weighted by molar-refractivity contribution is -0.117. The van der Waals surface area contributed by atoms with E-state index in [1.807, 2.05) is 34.1 Å². The van der Waals surface area contributed by atoms with Gasteiger partial charge in [0, 0.05) is 35.9 Å². The summed E-state index contributed by atoms with van der Waals surface area (Å²) in [5.74, 6) is 0.733. The molecule has 1 saturated carbocycles. The van der Waals surface area contributed by atoms with Gasteiger partial charge in [0.05, 0.1) is 17.9 Å². The highest BCUT2D eigenvalue weighted by atomic mass is 16.5. The van der Waals surface area contributed by atoms with Gasteiger partial charge in [-0.3, -0.25) is 9.48 Å². The minimum Gasteiger partial charge on any atom is -0.478 e. The number of ether oxygens (including phenoxy) is 1. The van der Waals surface area contributed by atoms with E-state index in [0.29, 0.717) is 11.8 Å². The summed E-state index contributed by atoms with van der Waals surface area (Å²) in [6.07, 6.45) is 7.95.